The van der Waals surface area contributed by atoms with Gasteiger partial charge >= 0.3 is 0 Å². The van der Waals surface area contributed by atoms with Crippen molar-refractivity contribution in [3.05, 3.63) is 41.6 Å². The lowest BCUT2D eigenvalue weighted by Gasteiger charge is -2.11. The summed E-state index contributed by atoms with van der Waals surface area (Å²) in [6.45, 7) is 0. The Morgan fingerprint density at radius 1 is 1.34 bits per heavy atom. The number of nitrogens with one attached hydrogen (secondary N) is 2. The van der Waals surface area contributed by atoms with Crippen LogP contribution in [0, 0.1) is 22.7 Å². The molecule has 0 aliphatic carbocycles. The number of nitrogens with two attached hydrogens (primary N) is 1. The number of fused-ring (bicyclic) bond motifs is 1. The molecule has 4 rings (SSSR count). The van der Waals surface area contributed by atoms with Gasteiger partial charge in [-0.15, -0.1) is 0 Å². The third kappa shape index (κ3) is 3.66. The fourth-order valence-corrected chi connectivity index (χ4v) is 3.97. The van der Waals surface area contributed by atoms with E-state index in [2.05, 4.69) is 25.1 Å². The van der Waals surface area contributed by atoms with Gasteiger partial charge in [-0.1, -0.05) is 16.4 Å². The molecular weight excluding hydrogens is 432 g/mol. The Labute approximate surface area is 185 Å². The number of benzene rings is 1. The van der Waals surface area contributed by atoms with Crippen LogP contribution in [-0.2, 0) is 11.8 Å². The van der Waals surface area contributed by atoms with Gasteiger partial charge in [0.25, 0.3) is 5.69 Å². The van der Waals surface area contributed by atoms with Gasteiger partial charge in [-0.3, -0.25) is 4.79 Å². The number of pyridine rings is 1. The van der Waals surface area contributed by atoms with E-state index in [1.54, 1.807) is 12.3 Å². The molecule has 0 saturated heterocycles. The quantitative estimate of drug-likeness (QED) is 0.299. The fraction of sp³-hybridized carbons (Fsp3) is 0.100. The second-order valence-electron chi connectivity index (χ2n) is 6.60. The number of aryl methyl sites for hydroxylation is 1. The van der Waals surface area contributed by atoms with Crippen LogP contribution in [0.4, 0.5) is 11.5 Å². The minimum Gasteiger partial charge on any atom is -0.539 e. The summed E-state index contributed by atoms with van der Waals surface area (Å²) in [4.78, 5) is 19.7. The van der Waals surface area contributed by atoms with Crippen LogP contribution in [-0.4, -0.2) is 26.9 Å². The van der Waals surface area contributed by atoms with E-state index in [0.717, 1.165) is 27.3 Å². The second-order valence-corrected chi connectivity index (χ2v) is 7.56. The number of aromatic amines is 1. The van der Waals surface area contributed by atoms with Crippen molar-refractivity contribution in [1.29, 1.82) is 10.5 Å². The van der Waals surface area contributed by atoms with Gasteiger partial charge in [0.15, 0.2) is 13.0 Å². The highest BCUT2D eigenvalue weighted by Crippen LogP contribution is 2.36. The summed E-state index contributed by atoms with van der Waals surface area (Å²) in [6, 6.07) is 11.1. The molecule has 0 atom stereocenters. The molecule has 0 aliphatic heterocycles. The summed E-state index contributed by atoms with van der Waals surface area (Å²) in [6.07, 6.45) is 1.80. The summed E-state index contributed by atoms with van der Waals surface area (Å²) in [5, 5.41) is 38.8. The highest BCUT2D eigenvalue weighted by molar-refractivity contribution is 8.00. The van der Waals surface area contributed by atoms with Gasteiger partial charge in [0.1, 0.15) is 28.5 Å². The van der Waals surface area contributed by atoms with E-state index in [0.29, 0.717) is 5.69 Å². The average molecular weight is 446 g/mol. The Bertz CT molecular complexity index is 1420. The lowest BCUT2D eigenvalue weighted by molar-refractivity contribution is -0.730. The lowest BCUT2D eigenvalue weighted by atomic mass is 10.0. The molecule has 158 valence electrons. The van der Waals surface area contributed by atoms with E-state index in [1.165, 1.54) is 7.05 Å². The third-order valence-corrected chi connectivity index (χ3v) is 5.57. The van der Waals surface area contributed by atoms with E-state index < -0.39 is 5.95 Å². The standard InChI is InChI=1S/C20H14N8O3S/c1-28-17(20(30)31-27-28)16-12(7-21)18(23)26-19(13(16)8-22)32-9-15(29)25-11-2-3-14-10(6-11)4-5-24-14/h2-6,27H,9H2,1H3,(H3,23,26,30). The van der Waals surface area contributed by atoms with Gasteiger partial charge in [-0.25, -0.2) is 4.98 Å². The van der Waals surface area contributed by atoms with Gasteiger partial charge in [-0.05, 0) is 24.3 Å². The minimum absolute atomic E-state index is 0.0305. The number of amides is 1. The lowest BCUT2D eigenvalue weighted by Crippen LogP contribution is -2.32. The van der Waals surface area contributed by atoms with Gasteiger partial charge in [0, 0.05) is 22.8 Å². The topological polar surface area (TPSA) is 184 Å². The number of H-pyrrole nitrogens is 1. The molecule has 0 radical (unpaired) electrons. The second kappa shape index (κ2) is 8.29. The van der Waals surface area contributed by atoms with E-state index in [-0.39, 0.29) is 44.9 Å². The zero-order valence-corrected chi connectivity index (χ0v) is 17.4. The molecule has 0 aliphatic rings. The van der Waals surface area contributed by atoms with Crippen molar-refractivity contribution in [2.75, 3.05) is 16.8 Å². The number of nitrogen functional groups attached to an aromatic ring is 1. The highest BCUT2D eigenvalue weighted by atomic mass is 32.2. The molecule has 3 aromatic heterocycles. The van der Waals surface area contributed by atoms with Crippen molar-refractivity contribution in [3.63, 3.8) is 0 Å². The molecule has 12 heteroatoms. The van der Waals surface area contributed by atoms with Crippen LogP contribution < -0.4 is 20.8 Å². The van der Waals surface area contributed by atoms with Crippen molar-refractivity contribution in [2.45, 2.75) is 5.03 Å². The predicted molar refractivity (Wildman–Crippen MR) is 112 cm³/mol. The van der Waals surface area contributed by atoms with Crippen molar-refractivity contribution in [2.24, 2.45) is 7.05 Å². The molecular formula is C20H14N8O3S. The predicted octanol–water partition coefficient (Wildman–Crippen LogP) is 1.17. The van der Waals surface area contributed by atoms with Crippen LogP contribution in [0.5, 0.6) is 5.95 Å². The Morgan fingerprint density at radius 2 is 2.12 bits per heavy atom. The molecule has 4 N–H and O–H groups in total. The maximum atomic E-state index is 12.5. The first kappa shape index (κ1) is 20.7. The zero-order valence-electron chi connectivity index (χ0n) is 16.5. The molecule has 0 saturated carbocycles. The van der Waals surface area contributed by atoms with Gasteiger partial charge < -0.3 is 25.7 Å². The van der Waals surface area contributed by atoms with Gasteiger partial charge in [0.2, 0.25) is 5.91 Å². The smallest absolute Gasteiger partial charge is 0.266 e. The number of carbonyl (C=O) groups is 1. The number of hydrogen-bond donors (Lipinski definition) is 3. The summed E-state index contributed by atoms with van der Waals surface area (Å²) < 4.78 is 5.73. The van der Waals surface area contributed by atoms with Crippen LogP contribution >= 0.6 is 11.8 Å². The monoisotopic (exact) mass is 446 g/mol. The minimum atomic E-state index is -0.833. The molecule has 1 aromatic carbocycles. The van der Waals surface area contributed by atoms with Gasteiger partial charge in [0.05, 0.1) is 22.2 Å². The summed E-state index contributed by atoms with van der Waals surface area (Å²) in [7, 11) is 1.43. The number of aromatic nitrogens is 4. The number of nitriles is 2. The molecule has 1 amide bonds. The number of hydrogen-bond acceptors (Lipinski definition) is 9. The molecule has 0 unspecified atom stereocenters. The fourth-order valence-electron chi connectivity index (χ4n) is 3.18. The van der Waals surface area contributed by atoms with Crippen LogP contribution in [0.3, 0.4) is 0 Å². The largest absolute Gasteiger partial charge is 0.539 e. The molecule has 4 aromatic rings. The molecule has 3 heterocycles. The number of rotatable bonds is 5. The summed E-state index contributed by atoms with van der Waals surface area (Å²) >= 11 is 0.957. The zero-order chi connectivity index (χ0) is 22.8. The van der Waals surface area contributed by atoms with E-state index in [1.807, 2.05) is 30.3 Å². The van der Waals surface area contributed by atoms with Crippen LogP contribution in [0.1, 0.15) is 11.1 Å². The number of thioether (sulfide) groups is 1. The van der Waals surface area contributed by atoms with Crippen LogP contribution in [0.15, 0.2) is 40.0 Å². The molecule has 0 spiro atoms. The normalized spacial score (nSPS) is 10.6. The number of anilines is 2. The molecule has 32 heavy (non-hydrogen) atoms. The van der Waals surface area contributed by atoms with Crippen molar-refractivity contribution >= 4 is 40.1 Å². The van der Waals surface area contributed by atoms with E-state index in [9.17, 15) is 20.4 Å². The number of carbonyl (C=O) groups excluding carboxylic acids is 1. The van der Waals surface area contributed by atoms with E-state index in [4.69, 9.17) is 5.73 Å². The first-order chi connectivity index (χ1) is 15.4. The average Bonchev–Trinajstić information content (AvgIpc) is 3.37. The van der Waals surface area contributed by atoms with E-state index >= 15 is 0 Å². The van der Waals surface area contributed by atoms with Gasteiger partial charge in [-0.2, -0.15) is 10.5 Å². The first-order valence-electron chi connectivity index (χ1n) is 9.09. The van der Waals surface area contributed by atoms with Crippen LogP contribution in [0.2, 0.25) is 0 Å². The Morgan fingerprint density at radius 3 is 2.81 bits per heavy atom. The first-order valence-corrected chi connectivity index (χ1v) is 10.1. The third-order valence-electron chi connectivity index (χ3n) is 4.59. The Hall–Kier alpha value is -4.55. The van der Waals surface area contributed by atoms with Crippen LogP contribution in [0.25, 0.3) is 22.2 Å². The number of nitrogens with zero attached hydrogens (tertiary/aromatic N) is 5. The molecule has 0 fully saturated rings. The van der Waals surface area contributed by atoms with Crippen molar-refractivity contribution in [3.8, 4) is 29.3 Å². The van der Waals surface area contributed by atoms with Crippen molar-refractivity contribution < 1.29 is 19.1 Å². The summed E-state index contributed by atoms with van der Waals surface area (Å²) in [5.74, 6) is -1.43. The molecule has 0 bridgehead atoms. The highest BCUT2D eigenvalue weighted by Gasteiger charge is 2.29. The summed E-state index contributed by atoms with van der Waals surface area (Å²) in [5.41, 5.74) is 7.11. The van der Waals surface area contributed by atoms with Crippen molar-refractivity contribution in [1.82, 2.24) is 15.2 Å². The Kier molecular flexibility index (Phi) is 5.37. The molecule has 11 nitrogen and oxygen atoms in total. The Balaban J connectivity index is 1.63. The maximum absolute atomic E-state index is 12.5. The SMILES string of the molecule is C[n+]1noc([O-])c1-c1c(C#N)c(N)nc(SCC(=O)Nc2ccc3[nH]ccc3c2)c1C#N. The maximum Gasteiger partial charge on any atom is 0.266 e.